The van der Waals surface area contributed by atoms with Crippen LogP contribution in [0.5, 0.6) is 0 Å². The van der Waals surface area contributed by atoms with Crippen LogP contribution < -0.4 is 16.4 Å². The van der Waals surface area contributed by atoms with Crippen LogP contribution in [0.25, 0.3) is 0 Å². The number of hydrogen-bond donors (Lipinski definition) is 3. The summed E-state index contributed by atoms with van der Waals surface area (Å²) in [4.78, 5) is 38.9. The lowest BCUT2D eigenvalue weighted by Gasteiger charge is -2.35. The van der Waals surface area contributed by atoms with Crippen molar-refractivity contribution in [3.63, 3.8) is 0 Å². The number of nitrogens with zero attached hydrogens (tertiary/aromatic N) is 1. The van der Waals surface area contributed by atoms with Crippen molar-refractivity contribution in [2.24, 2.45) is 11.7 Å². The van der Waals surface area contributed by atoms with E-state index in [-0.39, 0.29) is 24.1 Å². The van der Waals surface area contributed by atoms with E-state index in [0.29, 0.717) is 42.6 Å². The highest BCUT2D eigenvalue weighted by Gasteiger charge is 2.40. The molecule has 35 heavy (non-hydrogen) atoms. The molecule has 1 aromatic carbocycles. The lowest BCUT2D eigenvalue weighted by atomic mass is 9.79. The summed E-state index contributed by atoms with van der Waals surface area (Å²) in [5.74, 6) is -0.234. The fraction of sp³-hybridized carbons (Fsp3) is 0.667. The minimum atomic E-state index is -0.598. The Morgan fingerprint density at radius 2 is 1.91 bits per heavy atom. The van der Waals surface area contributed by atoms with Crippen molar-refractivity contribution in [2.75, 3.05) is 11.9 Å². The Morgan fingerprint density at radius 3 is 2.66 bits per heavy atom. The first-order valence-corrected chi connectivity index (χ1v) is 13.4. The van der Waals surface area contributed by atoms with Gasteiger partial charge in [-0.25, -0.2) is 0 Å². The van der Waals surface area contributed by atoms with Gasteiger partial charge in [0.05, 0.1) is 6.10 Å². The molecule has 190 valence electrons. The molecule has 3 amide bonds. The SMILES string of the molecule is NC1CCC([C@@H](CC[C@H]2CCCCO2)Nc2cccc3c2CN(C2CCC(=O)NC2=O)C3=O)CC1. The quantitative estimate of drug-likeness (QED) is 0.515. The smallest absolute Gasteiger partial charge is 0.255 e. The van der Waals surface area contributed by atoms with E-state index in [1.165, 1.54) is 6.42 Å². The zero-order valence-electron chi connectivity index (χ0n) is 20.5. The van der Waals surface area contributed by atoms with Crippen molar-refractivity contribution in [1.29, 1.82) is 0 Å². The third kappa shape index (κ3) is 5.38. The van der Waals surface area contributed by atoms with Crippen molar-refractivity contribution in [2.45, 2.75) is 101 Å². The van der Waals surface area contributed by atoms with E-state index in [4.69, 9.17) is 10.5 Å². The number of ether oxygens (including phenoxy) is 1. The second-order valence-electron chi connectivity index (χ2n) is 10.7. The molecule has 4 aliphatic rings. The summed E-state index contributed by atoms with van der Waals surface area (Å²) in [6.45, 7) is 1.25. The molecule has 8 heteroatoms. The van der Waals surface area contributed by atoms with Crippen LogP contribution in [-0.4, -0.2) is 53.5 Å². The maximum atomic E-state index is 13.2. The fourth-order valence-electron chi connectivity index (χ4n) is 6.29. The first-order valence-electron chi connectivity index (χ1n) is 13.4. The molecule has 4 N–H and O–H groups in total. The molecule has 1 unspecified atom stereocenters. The van der Waals surface area contributed by atoms with Crippen molar-refractivity contribution in [3.05, 3.63) is 29.3 Å². The van der Waals surface area contributed by atoms with E-state index in [1.54, 1.807) is 4.90 Å². The Hall–Kier alpha value is -2.45. The minimum Gasteiger partial charge on any atom is -0.382 e. The van der Waals surface area contributed by atoms with Gasteiger partial charge in [-0.15, -0.1) is 0 Å². The number of piperidine rings is 1. The summed E-state index contributed by atoms with van der Waals surface area (Å²) in [7, 11) is 0. The summed E-state index contributed by atoms with van der Waals surface area (Å²) >= 11 is 0. The van der Waals surface area contributed by atoms with Crippen LogP contribution >= 0.6 is 0 Å². The number of fused-ring (bicyclic) bond motifs is 1. The maximum Gasteiger partial charge on any atom is 0.255 e. The van der Waals surface area contributed by atoms with Crippen LogP contribution in [0, 0.1) is 5.92 Å². The Labute approximate surface area is 207 Å². The molecule has 3 fully saturated rings. The largest absolute Gasteiger partial charge is 0.382 e. The summed E-state index contributed by atoms with van der Waals surface area (Å²) in [5, 5.41) is 6.22. The highest BCUT2D eigenvalue weighted by molar-refractivity contribution is 6.06. The number of imide groups is 1. The van der Waals surface area contributed by atoms with Gasteiger partial charge in [0.15, 0.2) is 0 Å². The van der Waals surface area contributed by atoms with Crippen molar-refractivity contribution in [3.8, 4) is 0 Å². The minimum absolute atomic E-state index is 0.131. The van der Waals surface area contributed by atoms with Gasteiger partial charge in [0.25, 0.3) is 5.91 Å². The average Bonchev–Trinajstić information content (AvgIpc) is 3.20. The van der Waals surface area contributed by atoms with E-state index < -0.39 is 6.04 Å². The van der Waals surface area contributed by atoms with E-state index in [0.717, 1.165) is 69.2 Å². The van der Waals surface area contributed by atoms with E-state index in [2.05, 4.69) is 16.7 Å². The van der Waals surface area contributed by atoms with Crippen LogP contribution in [0.2, 0.25) is 0 Å². The standard InChI is InChI=1S/C27H38N4O4/c28-18-9-7-17(8-10-18)22(12-11-19-4-1-2-15-35-19)29-23-6-3-5-20-21(23)16-31(27(20)34)24-13-14-25(32)30-26(24)33/h3,5-6,17-19,22,24,29H,1-2,4,7-16,28H2,(H,30,32,33)/t17?,18?,19-,22-,24?/m1/s1. The van der Waals surface area contributed by atoms with E-state index in [1.807, 2.05) is 12.1 Å². The zero-order valence-corrected chi connectivity index (χ0v) is 20.5. The summed E-state index contributed by atoms with van der Waals surface area (Å²) in [6, 6.07) is 5.82. The normalized spacial score (nSPS) is 30.1. The molecule has 0 bridgehead atoms. The van der Waals surface area contributed by atoms with Crippen LogP contribution in [0.4, 0.5) is 5.69 Å². The zero-order chi connectivity index (χ0) is 24.4. The van der Waals surface area contributed by atoms with Gasteiger partial charge in [0, 0.05) is 48.5 Å². The predicted octanol–water partition coefficient (Wildman–Crippen LogP) is 3.09. The number of rotatable bonds is 7. The lowest BCUT2D eigenvalue weighted by molar-refractivity contribution is -0.136. The summed E-state index contributed by atoms with van der Waals surface area (Å²) in [5.41, 5.74) is 8.78. The molecule has 2 saturated heterocycles. The van der Waals surface area contributed by atoms with Crippen LogP contribution in [0.1, 0.15) is 86.6 Å². The Balaban J connectivity index is 1.32. The molecule has 1 aromatic rings. The molecule has 1 aliphatic carbocycles. The van der Waals surface area contributed by atoms with Gasteiger partial charge in [-0.2, -0.15) is 0 Å². The number of anilines is 1. The number of nitrogens with two attached hydrogens (primary N) is 1. The molecule has 0 spiro atoms. The van der Waals surface area contributed by atoms with Crippen LogP contribution in [0.15, 0.2) is 18.2 Å². The third-order valence-electron chi connectivity index (χ3n) is 8.38. The van der Waals surface area contributed by atoms with Gasteiger partial charge < -0.3 is 20.7 Å². The third-order valence-corrected chi connectivity index (χ3v) is 8.38. The van der Waals surface area contributed by atoms with Crippen LogP contribution in [0.3, 0.4) is 0 Å². The number of nitrogens with one attached hydrogen (secondary N) is 2. The van der Waals surface area contributed by atoms with Gasteiger partial charge >= 0.3 is 0 Å². The van der Waals surface area contributed by atoms with Gasteiger partial charge in [-0.3, -0.25) is 19.7 Å². The molecule has 8 nitrogen and oxygen atoms in total. The molecule has 1 saturated carbocycles. The molecule has 3 aliphatic heterocycles. The highest BCUT2D eigenvalue weighted by Crippen LogP contribution is 2.36. The monoisotopic (exact) mass is 482 g/mol. The van der Waals surface area contributed by atoms with E-state index >= 15 is 0 Å². The first-order chi connectivity index (χ1) is 17.0. The second-order valence-corrected chi connectivity index (χ2v) is 10.7. The Bertz CT molecular complexity index is 952. The van der Waals surface area contributed by atoms with Gasteiger partial charge in [-0.1, -0.05) is 6.07 Å². The fourth-order valence-corrected chi connectivity index (χ4v) is 6.29. The predicted molar refractivity (Wildman–Crippen MR) is 133 cm³/mol. The Kier molecular flexibility index (Phi) is 7.39. The molecule has 0 radical (unpaired) electrons. The maximum absolute atomic E-state index is 13.2. The summed E-state index contributed by atoms with van der Waals surface area (Å²) < 4.78 is 6.01. The number of carbonyl (C=O) groups excluding carboxylic acids is 3. The highest BCUT2D eigenvalue weighted by atomic mass is 16.5. The van der Waals surface area contributed by atoms with Gasteiger partial charge in [0.2, 0.25) is 11.8 Å². The molecular weight excluding hydrogens is 444 g/mol. The molecule has 3 heterocycles. The number of benzene rings is 1. The first kappa shape index (κ1) is 24.3. The molecule has 5 rings (SSSR count). The molecule has 0 aromatic heterocycles. The van der Waals surface area contributed by atoms with Crippen molar-refractivity contribution >= 4 is 23.4 Å². The van der Waals surface area contributed by atoms with Crippen LogP contribution in [-0.2, 0) is 20.9 Å². The average molecular weight is 483 g/mol. The number of amides is 3. The number of hydrogen-bond acceptors (Lipinski definition) is 6. The summed E-state index contributed by atoms with van der Waals surface area (Å²) in [6.07, 6.45) is 10.9. The second kappa shape index (κ2) is 10.7. The molecule has 3 atom stereocenters. The van der Waals surface area contributed by atoms with E-state index in [9.17, 15) is 14.4 Å². The van der Waals surface area contributed by atoms with Crippen molar-refractivity contribution < 1.29 is 19.1 Å². The Morgan fingerprint density at radius 1 is 1.09 bits per heavy atom. The number of carbonyl (C=O) groups is 3. The lowest BCUT2D eigenvalue weighted by Crippen LogP contribution is -2.52. The topological polar surface area (TPSA) is 114 Å². The van der Waals surface area contributed by atoms with Gasteiger partial charge in [0.1, 0.15) is 6.04 Å². The van der Waals surface area contributed by atoms with Gasteiger partial charge in [-0.05, 0) is 82.3 Å². The van der Waals surface area contributed by atoms with Crippen molar-refractivity contribution in [1.82, 2.24) is 10.2 Å². The molecular formula is C27H38N4O4.